The summed E-state index contributed by atoms with van der Waals surface area (Å²) in [6, 6.07) is 1.22. The lowest BCUT2D eigenvalue weighted by atomic mass is 10.0. The van der Waals surface area contributed by atoms with Gasteiger partial charge in [0.2, 0.25) is 0 Å². The molecule has 13 heavy (non-hydrogen) atoms. The summed E-state index contributed by atoms with van der Waals surface area (Å²) in [6.07, 6.45) is 6.88. The SMILES string of the molecule is CCCCCCC(C)N1CC(N)C1. The average Bonchev–Trinajstić information content (AvgIpc) is 2.07. The first-order valence-electron chi connectivity index (χ1n) is 5.73. The zero-order valence-corrected chi connectivity index (χ0v) is 9.13. The third-order valence-corrected chi connectivity index (χ3v) is 3.04. The highest BCUT2D eigenvalue weighted by Gasteiger charge is 2.26. The van der Waals surface area contributed by atoms with E-state index in [1.165, 1.54) is 32.1 Å². The number of likely N-dealkylation sites (tertiary alicyclic amines) is 1. The van der Waals surface area contributed by atoms with Gasteiger partial charge in [-0.2, -0.15) is 0 Å². The molecule has 1 atom stereocenters. The highest BCUT2D eigenvalue weighted by Crippen LogP contribution is 2.15. The van der Waals surface area contributed by atoms with E-state index in [2.05, 4.69) is 18.7 Å². The quantitative estimate of drug-likeness (QED) is 0.640. The molecule has 0 saturated carbocycles. The van der Waals surface area contributed by atoms with Gasteiger partial charge in [0.05, 0.1) is 0 Å². The molecule has 0 spiro atoms. The number of rotatable bonds is 6. The van der Waals surface area contributed by atoms with E-state index in [9.17, 15) is 0 Å². The van der Waals surface area contributed by atoms with Crippen LogP contribution in [-0.4, -0.2) is 30.1 Å². The van der Waals surface area contributed by atoms with E-state index in [0.717, 1.165) is 19.1 Å². The minimum atomic E-state index is 0.457. The maximum absolute atomic E-state index is 5.74. The first kappa shape index (κ1) is 11.0. The summed E-state index contributed by atoms with van der Waals surface area (Å²) in [6.45, 7) is 6.83. The number of nitrogens with two attached hydrogens (primary N) is 1. The van der Waals surface area contributed by atoms with E-state index in [4.69, 9.17) is 5.73 Å². The second-order valence-corrected chi connectivity index (χ2v) is 4.41. The molecule has 0 amide bonds. The third kappa shape index (κ3) is 3.65. The molecule has 0 aliphatic carbocycles. The predicted octanol–water partition coefficient (Wildman–Crippen LogP) is 1.99. The summed E-state index contributed by atoms with van der Waals surface area (Å²) in [4.78, 5) is 2.50. The highest BCUT2D eigenvalue weighted by molar-refractivity contribution is 4.85. The Kier molecular flexibility index (Phi) is 4.74. The number of hydrogen-bond donors (Lipinski definition) is 1. The zero-order chi connectivity index (χ0) is 9.68. The predicted molar refractivity (Wildman–Crippen MR) is 57.8 cm³/mol. The molecule has 1 aliphatic rings. The van der Waals surface area contributed by atoms with Crippen LogP contribution in [0.2, 0.25) is 0 Å². The van der Waals surface area contributed by atoms with Crippen molar-refractivity contribution in [1.29, 1.82) is 0 Å². The Morgan fingerprint density at radius 3 is 2.54 bits per heavy atom. The fraction of sp³-hybridized carbons (Fsp3) is 1.00. The number of hydrogen-bond acceptors (Lipinski definition) is 2. The van der Waals surface area contributed by atoms with Crippen LogP contribution >= 0.6 is 0 Å². The van der Waals surface area contributed by atoms with Gasteiger partial charge in [0, 0.05) is 25.2 Å². The lowest BCUT2D eigenvalue weighted by Gasteiger charge is -2.41. The Morgan fingerprint density at radius 2 is 2.00 bits per heavy atom. The maximum atomic E-state index is 5.74. The van der Waals surface area contributed by atoms with Crippen molar-refractivity contribution in [1.82, 2.24) is 4.90 Å². The van der Waals surface area contributed by atoms with Crippen LogP contribution in [0.25, 0.3) is 0 Å². The van der Waals surface area contributed by atoms with Crippen LogP contribution in [0.15, 0.2) is 0 Å². The first-order valence-corrected chi connectivity index (χ1v) is 5.73. The summed E-state index contributed by atoms with van der Waals surface area (Å²) in [7, 11) is 0. The van der Waals surface area contributed by atoms with Crippen molar-refractivity contribution in [3.05, 3.63) is 0 Å². The van der Waals surface area contributed by atoms with Crippen molar-refractivity contribution in [2.45, 2.75) is 58.0 Å². The van der Waals surface area contributed by atoms with Gasteiger partial charge in [0.25, 0.3) is 0 Å². The standard InChI is InChI=1S/C11H24N2/c1-3-4-5-6-7-10(2)13-8-11(12)9-13/h10-11H,3-9,12H2,1-2H3. The van der Waals surface area contributed by atoms with Gasteiger partial charge < -0.3 is 5.73 Å². The van der Waals surface area contributed by atoms with Crippen molar-refractivity contribution in [3.63, 3.8) is 0 Å². The largest absolute Gasteiger partial charge is 0.325 e. The molecule has 1 fully saturated rings. The summed E-state index contributed by atoms with van der Waals surface area (Å²) in [5.41, 5.74) is 5.74. The molecular formula is C11H24N2. The van der Waals surface area contributed by atoms with Crippen LogP contribution in [0.5, 0.6) is 0 Å². The second-order valence-electron chi connectivity index (χ2n) is 4.41. The van der Waals surface area contributed by atoms with Gasteiger partial charge in [0.1, 0.15) is 0 Å². The van der Waals surface area contributed by atoms with Crippen molar-refractivity contribution < 1.29 is 0 Å². The lowest BCUT2D eigenvalue weighted by Crippen LogP contribution is -2.58. The Morgan fingerprint density at radius 1 is 1.31 bits per heavy atom. The molecule has 2 N–H and O–H groups in total. The molecule has 1 rings (SSSR count). The van der Waals surface area contributed by atoms with Crippen molar-refractivity contribution >= 4 is 0 Å². The molecule has 0 radical (unpaired) electrons. The summed E-state index contributed by atoms with van der Waals surface area (Å²) >= 11 is 0. The minimum absolute atomic E-state index is 0.457. The van der Waals surface area contributed by atoms with E-state index in [1.807, 2.05) is 0 Å². The Bertz CT molecular complexity index is 130. The van der Waals surface area contributed by atoms with Gasteiger partial charge in [-0.05, 0) is 13.3 Å². The molecule has 0 bridgehead atoms. The van der Waals surface area contributed by atoms with Gasteiger partial charge in [-0.1, -0.05) is 32.6 Å². The Balaban J connectivity index is 1.95. The monoisotopic (exact) mass is 184 g/mol. The molecular weight excluding hydrogens is 160 g/mol. The Hall–Kier alpha value is -0.0800. The Labute approximate surface area is 82.5 Å². The molecule has 1 aliphatic heterocycles. The number of unbranched alkanes of at least 4 members (excludes halogenated alkanes) is 3. The van der Waals surface area contributed by atoms with E-state index in [0.29, 0.717) is 6.04 Å². The summed E-state index contributed by atoms with van der Waals surface area (Å²) in [5, 5.41) is 0. The van der Waals surface area contributed by atoms with E-state index < -0.39 is 0 Å². The van der Waals surface area contributed by atoms with Gasteiger partial charge in [0.15, 0.2) is 0 Å². The van der Waals surface area contributed by atoms with Crippen LogP contribution in [0.3, 0.4) is 0 Å². The van der Waals surface area contributed by atoms with Crippen molar-refractivity contribution in [2.24, 2.45) is 5.73 Å². The molecule has 1 heterocycles. The van der Waals surface area contributed by atoms with Gasteiger partial charge >= 0.3 is 0 Å². The topological polar surface area (TPSA) is 29.3 Å². The van der Waals surface area contributed by atoms with Gasteiger partial charge in [-0.25, -0.2) is 0 Å². The molecule has 2 nitrogen and oxygen atoms in total. The van der Waals surface area contributed by atoms with Crippen LogP contribution in [0, 0.1) is 0 Å². The fourth-order valence-corrected chi connectivity index (χ4v) is 1.96. The van der Waals surface area contributed by atoms with E-state index in [-0.39, 0.29) is 0 Å². The molecule has 0 aromatic heterocycles. The van der Waals surface area contributed by atoms with Crippen LogP contribution < -0.4 is 5.73 Å². The zero-order valence-electron chi connectivity index (χ0n) is 9.13. The molecule has 1 saturated heterocycles. The lowest BCUT2D eigenvalue weighted by molar-refractivity contribution is 0.0966. The smallest absolute Gasteiger partial charge is 0.0297 e. The third-order valence-electron chi connectivity index (χ3n) is 3.04. The van der Waals surface area contributed by atoms with Gasteiger partial charge in [-0.3, -0.25) is 4.90 Å². The first-order chi connectivity index (χ1) is 6.24. The summed E-state index contributed by atoms with van der Waals surface area (Å²) in [5.74, 6) is 0. The minimum Gasteiger partial charge on any atom is -0.325 e. The maximum Gasteiger partial charge on any atom is 0.0297 e. The van der Waals surface area contributed by atoms with Crippen LogP contribution in [0.4, 0.5) is 0 Å². The number of nitrogens with zero attached hydrogens (tertiary/aromatic N) is 1. The van der Waals surface area contributed by atoms with E-state index >= 15 is 0 Å². The molecule has 2 heteroatoms. The fourth-order valence-electron chi connectivity index (χ4n) is 1.96. The van der Waals surface area contributed by atoms with Gasteiger partial charge in [-0.15, -0.1) is 0 Å². The van der Waals surface area contributed by atoms with Crippen LogP contribution in [-0.2, 0) is 0 Å². The van der Waals surface area contributed by atoms with Crippen molar-refractivity contribution in [2.75, 3.05) is 13.1 Å². The average molecular weight is 184 g/mol. The normalized spacial score (nSPS) is 21.5. The van der Waals surface area contributed by atoms with Crippen molar-refractivity contribution in [3.8, 4) is 0 Å². The molecule has 0 aromatic rings. The molecule has 78 valence electrons. The van der Waals surface area contributed by atoms with E-state index in [1.54, 1.807) is 0 Å². The molecule has 0 aromatic carbocycles. The molecule has 1 unspecified atom stereocenters. The summed E-state index contributed by atoms with van der Waals surface area (Å²) < 4.78 is 0. The van der Waals surface area contributed by atoms with Crippen LogP contribution in [0.1, 0.15) is 46.0 Å². The second kappa shape index (κ2) is 5.61. The highest BCUT2D eigenvalue weighted by atomic mass is 15.2.